The summed E-state index contributed by atoms with van der Waals surface area (Å²) in [6.45, 7) is 1.87. The Morgan fingerprint density at radius 1 is 1.03 bits per heavy atom. The van der Waals surface area contributed by atoms with Crippen molar-refractivity contribution in [3.8, 4) is 0 Å². The number of halogens is 2. The Hall–Kier alpha value is -3.17. The van der Waals surface area contributed by atoms with Gasteiger partial charge >= 0.3 is 0 Å². The number of benzene rings is 3. The monoisotopic (exact) mass is 472 g/mol. The molecule has 0 aliphatic heterocycles. The lowest BCUT2D eigenvalue weighted by Crippen LogP contribution is -2.35. The van der Waals surface area contributed by atoms with Crippen molar-refractivity contribution in [3.63, 3.8) is 0 Å². The van der Waals surface area contributed by atoms with Gasteiger partial charge < -0.3 is 0 Å². The molecule has 0 aliphatic rings. The van der Waals surface area contributed by atoms with E-state index in [-0.39, 0.29) is 26.8 Å². The van der Waals surface area contributed by atoms with E-state index in [1.807, 2.05) is 13.0 Å². The van der Waals surface area contributed by atoms with Crippen LogP contribution in [0.1, 0.15) is 11.1 Å². The summed E-state index contributed by atoms with van der Waals surface area (Å²) in [7, 11) is -3.91. The molecule has 9 heteroatoms. The number of fused-ring (bicyclic) bond motifs is 1. The van der Waals surface area contributed by atoms with Gasteiger partial charge in [0, 0.05) is 6.07 Å². The minimum absolute atomic E-state index is 0.0347. The molecule has 0 fully saturated rings. The van der Waals surface area contributed by atoms with Gasteiger partial charge in [0.05, 0.1) is 16.1 Å². The van der Waals surface area contributed by atoms with Gasteiger partial charge in [-0.15, -0.1) is 0 Å². The van der Waals surface area contributed by atoms with Crippen molar-refractivity contribution < 1.29 is 22.0 Å². The minimum Gasteiger partial charge on any atom is -0.283 e. The van der Waals surface area contributed by atoms with Crippen molar-refractivity contribution in [2.45, 2.75) is 18.4 Å². The van der Waals surface area contributed by atoms with Crippen LogP contribution in [0.3, 0.4) is 0 Å². The SMILES string of the molecule is Cc1ccc(S(=O)(=O)CC(=O)N(Cc2ccccc2)c2nc3c(F)cc(F)cc3s2)cc1. The highest BCUT2D eigenvalue weighted by Crippen LogP contribution is 2.32. The fraction of sp³-hybridized carbons (Fsp3) is 0.130. The second kappa shape index (κ2) is 8.76. The van der Waals surface area contributed by atoms with Gasteiger partial charge in [-0.2, -0.15) is 0 Å². The molecule has 32 heavy (non-hydrogen) atoms. The summed E-state index contributed by atoms with van der Waals surface area (Å²) in [5.74, 6) is -3.10. The number of carbonyl (C=O) groups excluding carboxylic acids is 1. The van der Waals surface area contributed by atoms with Crippen molar-refractivity contribution in [3.05, 3.63) is 89.5 Å². The third-order valence-corrected chi connectivity index (χ3v) is 7.45. The van der Waals surface area contributed by atoms with Crippen LogP contribution in [0, 0.1) is 18.6 Å². The number of nitrogens with zero attached hydrogens (tertiary/aromatic N) is 2. The molecule has 0 radical (unpaired) electrons. The average molecular weight is 473 g/mol. The van der Waals surface area contributed by atoms with Crippen LogP contribution in [0.15, 0.2) is 71.6 Å². The molecule has 0 saturated carbocycles. The molecule has 1 aromatic heterocycles. The number of anilines is 1. The third-order valence-electron chi connectivity index (χ3n) is 4.81. The van der Waals surface area contributed by atoms with E-state index in [4.69, 9.17) is 0 Å². The third kappa shape index (κ3) is 4.68. The lowest BCUT2D eigenvalue weighted by Gasteiger charge is -2.20. The number of sulfone groups is 1. The van der Waals surface area contributed by atoms with Crippen molar-refractivity contribution in [2.24, 2.45) is 0 Å². The zero-order valence-electron chi connectivity index (χ0n) is 17.0. The van der Waals surface area contributed by atoms with Gasteiger partial charge in [0.2, 0.25) is 5.91 Å². The van der Waals surface area contributed by atoms with Crippen molar-refractivity contribution in [1.29, 1.82) is 0 Å². The topological polar surface area (TPSA) is 67.3 Å². The maximum Gasteiger partial charge on any atom is 0.244 e. The zero-order chi connectivity index (χ0) is 22.9. The van der Waals surface area contributed by atoms with Crippen LogP contribution in [0.25, 0.3) is 10.2 Å². The lowest BCUT2D eigenvalue weighted by atomic mass is 10.2. The molecule has 1 heterocycles. The van der Waals surface area contributed by atoms with Gasteiger partial charge in [0.15, 0.2) is 20.8 Å². The van der Waals surface area contributed by atoms with Crippen LogP contribution < -0.4 is 4.90 Å². The molecule has 4 rings (SSSR count). The Bertz CT molecular complexity index is 1390. The van der Waals surface area contributed by atoms with E-state index in [1.54, 1.807) is 36.4 Å². The first-order chi connectivity index (χ1) is 15.2. The number of rotatable bonds is 6. The van der Waals surface area contributed by atoms with Crippen LogP contribution in [0.2, 0.25) is 0 Å². The molecular formula is C23H18F2N2O3S2. The standard InChI is InChI=1S/C23H18F2N2O3S2/c1-15-7-9-18(10-8-15)32(29,30)14-21(28)27(13-16-5-3-2-4-6-16)23-26-22-19(25)11-17(24)12-20(22)31-23/h2-12H,13-14H2,1H3. The van der Waals surface area contributed by atoms with E-state index in [9.17, 15) is 22.0 Å². The number of hydrogen-bond acceptors (Lipinski definition) is 5. The highest BCUT2D eigenvalue weighted by atomic mass is 32.2. The highest BCUT2D eigenvalue weighted by Gasteiger charge is 2.27. The van der Waals surface area contributed by atoms with Crippen LogP contribution >= 0.6 is 11.3 Å². The van der Waals surface area contributed by atoms with Gasteiger partial charge in [-0.05, 0) is 30.7 Å². The molecule has 4 aromatic rings. The number of amides is 1. The van der Waals surface area contributed by atoms with E-state index < -0.39 is 33.1 Å². The zero-order valence-corrected chi connectivity index (χ0v) is 18.6. The van der Waals surface area contributed by atoms with E-state index >= 15 is 0 Å². The molecular weight excluding hydrogens is 454 g/mol. The number of aryl methyl sites for hydroxylation is 1. The van der Waals surface area contributed by atoms with Gasteiger partial charge in [-0.1, -0.05) is 59.4 Å². The van der Waals surface area contributed by atoms with Gasteiger partial charge in [0.1, 0.15) is 17.1 Å². The fourth-order valence-corrected chi connectivity index (χ4v) is 5.38. The number of aromatic nitrogens is 1. The molecule has 0 aliphatic carbocycles. The van der Waals surface area contributed by atoms with Crippen LogP contribution in [0.5, 0.6) is 0 Å². The van der Waals surface area contributed by atoms with Crippen molar-refractivity contribution in [2.75, 3.05) is 10.7 Å². The fourth-order valence-electron chi connectivity index (χ4n) is 3.16. The summed E-state index contributed by atoms with van der Waals surface area (Å²) in [5.41, 5.74) is 1.56. The molecule has 0 atom stereocenters. The first-order valence-corrected chi connectivity index (χ1v) is 12.1. The summed E-state index contributed by atoms with van der Waals surface area (Å²) in [5, 5.41) is 0.0949. The summed E-state index contributed by atoms with van der Waals surface area (Å²) in [4.78, 5) is 18.6. The number of carbonyl (C=O) groups is 1. The second-order valence-corrected chi connectivity index (χ2v) is 10.3. The molecule has 0 unspecified atom stereocenters. The largest absolute Gasteiger partial charge is 0.283 e. The van der Waals surface area contributed by atoms with Gasteiger partial charge in [0.25, 0.3) is 0 Å². The Balaban J connectivity index is 1.71. The lowest BCUT2D eigenvalue weighted by molar-refractivity contribution is -0.116. The van der Waals surface area contributed by atoms with Crippen LogP contribution in [-0.2, 0) is 21.2 Å². The van der Waals surface area contributed by atoms with Crippen molar-refractivity contribution in [1.82, 2.24) is 4.98 Å². The molecule has 0 spiro atoms. The molecule has 1 amide bonds. The Morgan fingerprint density at radius 2 is 1.72 bits per heavy atom. The van der Waals surface area contributed by atoms with E-state index in [1.165, 1.54) is 17.0 Å². The summed E-state index contributed by atoms with van der Waals surface area (Å²) in [6.07, 6.45) is 0. The van der Waals surface area contributed by atoms with Gasteiger partial charge in [-0.3, -0.25) is 9.69 Å². The Morgan fingerprint density at radius 3 is 2.41 bits per heavy atom. The normalized spacial score (nSPS) is 11.6. The average Bonchev–Trinajstić information content (AvgIpc) is 3.16. The van der Waals surface area contributed by atoms with Crippen LogP contribution in [0.4, 0.5) is 13.9 Å². The second-order valence-electron chi connectivity index (χ2n) is 7.27. The maximum absolute atomic E-state index is 14.2. The quantitative estimate of drug-likeness (QED) is 0.401. The number of hydrogen-bond donors (Lipinski definition) is 0. The van der Waals surface area contributed by atoms with E-state index in [0.717, 1.165) is 34.6 Å². The summed E-state index contributed by atoms with van der Waals surface area (Å²) in [6, 6.07) is 17.0. The predicted octanol–water partition coefficient (Wildman–Crippen LogP) is 4.89. The molecule has 0 saturated heterocycles. The summed E-state index contributed by atoms with van der Waals surface area (Å²) < 4.78 is 53.7. The predicted molar refractivity (Wildman–Crippen MR) is 120 cm³/mol. The first-order valence-electron chi connectivity index (χ1n) is 9.62. The first kappa shape index (κ1) is 22.0. The maximum atomic E-state index is 14.2. The van der Waals surface area contributed by atoms with Gasteiger partial charge in [-0.25, -0.2) is 22.2 Å². The van der Waals surface area contributed by atoms with E-state index in [2.05, 4.69) is 4.98 Å². The molecule has 0 N–H and O–H groups in total. The van der Waals surface area contributed by atoms with E-state index in [0.29, 0.717) is 0 Å². The molecule has 5 nitrogen and oxygen atoms in total. The molecule has 0 bridgehead atoms. The highest BCUT2D eigenvalue weighted by molar-refractivity contribution is 7.92. The molecule has 3 aromatic carbocycles. The summed E-state index contributed by atoms with van der Waals surface area (Å²) >= 11 is 0.924. The molecule has 164 valence electrons. The Kier molecular flexibility index (Phi) is 6.03. The van der Waals surface area contributed by atoms with Crippen LogP contribution in [-0.4, -0.2) is 25.1 Å². The van der Waals surface area contributed by atoms with Crippen molar-refractivity contribution >= 4 is 42.4 Å². The Labute approximate surface area is 187 Å². The number of thiazole rings is 1. The smallest absolute Gasteiger partial charge is 0.244 e. The minimum atomic E-state index is -3.91.